The molecule has 0 atom stereocenters. The van der Waals surface area contributed by atoms with Gasteiger partial charge in [-0.3, -0.25) is 4.90 Å². The lowest BCUT2D eigenvalue weighted by molar-refractivity contribution is 0.220. The van der Waals surface area contributed by atoms with Crippen molar-refractivity contribution in [3.63, 3.8) is 0 Å². The van der Waals surface area contributed by atoms with Gasteiger partial charge in [-0.2, -0.15) is 8.42 Å². The number of amides is 2. The molecule has 1 fully saturated rings. The molecular weight excluding hydrogens is 392 g/mol. The van der Waals surface area contributed by atoms with Crippen molar-refractivity contribution in [2.24, 2.45) is 0 Å². The maximum absolute atomic E-state index is 12.7. The van der Waals surface area contributed by atoms with Gasteiger partial charge >= 0.3 is 16.1 Å². The summed E-state index contributed by atoms with van der Waals surface area (Å²) in [6.45, 7) is 5.97. The maximum atomic E-state index is 12.7. The van der Waals surface area contributed by atoms with Crippen molar-refractivity contribution in [1.82, 2.24) is 4.90 Å². The summed E-state index contributed by atoms with van der Waals surface area (Å²) in [7, 11) is -2.49. The molecule has 1 saturated heterocycles. The van der Waals surface area contributed by atoms with E-state index in [1.807, 2.05) is 19.9 Å². The third kappa shape index (κ3) is 4.64. The van der Waals surface area contributed by atoms with Gasteiger partial charge in [-0.05, 0) is 54.8 Å². The Morgan fingerprint density at radius 3 is 2.31 bits per heavy atom. The van der Waals surface area contributed by atoms with Gasteiger partial charge in [-0.25, -0.2) is 4.79 Å². The molecule has 0 radical (unpaired) electrons. The van der Waals surface area contributed by atoms with Crippen molar-refractivity contribution in [2.75, 3.05) is 31.6 Å². The molecule has 0 bridgehead atoms. The average molecular weight is 419 g/mol. The Hall–Kier alpha value is -2.74. The average Bonchev–Trinajstić information content (AvgIpc) is 3.08. The maximum Gasteiger partial charge on any atom is 0.339 e. The van der Waals surface area contributed by atoms with E-state index >= 15 is 0 Å². The van der Waals surface area contributed by atoms with Crippen LogP contribution >= 0.6 is 0 Å². The van der Waals surface area contributed by atoms with Gasteiger partial charge in [0.05, 0.1) is 7.11 Å². The van der Waals surface area contributed by atoms with Gasteiger partial charge in [0.1, 0.15) is 16.4 Å². The highest BCUT2D eigenvalue weighted by molar-refractivity contribution is 7.87. The van der Waals surface area contributed by atoms with Crippen LogP contribution in [-0.2, 0) is 16.5 Å². The summed E-state index contributed by atoms with van der Waals surface area (Å²) in [6.07, 6.45) is 1.62. The Labute approximate surface area is 172 Å². The number of urea groups is 1. The van der Waals surface area contributed by atoms with Gasteiger partial charge in [0.25, 0.3) is 0 Å². The third-order valence-corrected chi connectivity index (χ3v) is 6.08. The van der Waals surface area contributed by atoms with Crippen LogP contribution in [0.4, 0.5) is 10.5 Å². The molecule has 0 aromatic heterocycles. The van der Waals surface area contributed by atoms with Crippen LogP contribution in [0.2, 0.25) is 0 Å². The first kappa shape index (κ1) is 21.0. The zero-order chi connectivity index (χ0) is 21.0. The van der Waals surface area contributed by atoms with Crippen molar-refractivity contribution in [3.05, 3.63) is 48.0 Å². The molecule has 1 aliphatic rings. The molecule has 2 aromatic carbocycles. The molecule has 0 aliphatic carbocycles. The number of carbonyl (C=O) groups excluding carboxylic acids is 1. The topological polar surface area (TPSA) is 76.2 Å². The summed E-state index contributed by atoms with van der Waals surface area (Å²) >= 11 is 0. The number of aryl methyl sites for hydroxylation is 1. The first-order chi connectivity index (χ1) is 13.9. The SMILES string of the molecule is CCCN1CCN(c2ccc(S(=O)(=O)Oc3cc(CC)cc(OC)c3)cc2)C1=O. The first-order valence-electron chi connectivity index (χ1n) is 9.67. The minimum Gasteiger partial charge on any atom is -0.497 e. The number of methoxy groups -OCH3 is 1. The second-order valence-corrected chi connectivity index (χ2v) is 8.37. The van der Waals surface area contributed by atoms with Gasteiger partial charge in [0.2, 0.25) is 0 Å². The van der Waals surface area contributed by atoms with Crippen LogP contribution in [0.3, 0.4) is 0 Å². The van der Waals surface area contributed by atoms with E-state index in [-0.39, 0.29) is 16.7 Å². The summed E-state index contributed by atoms with van der Waals surface area (Å²) < 4.78 is 35.9. The van der Waals surface area contributed by atoms with E-state index in [4.69, 9.17) is 8.92 Å². The first-order valence-corrected chi connectivity index (χ1v) is 11.1. The van der Waals surface area contributed by atoms with Gasteiger partial charge < -0.3 is 13.8 Å². The Morgan fingerprint density at radius 2 is 1.69 bits per heavy atom. The minimum atomic E-state index is -4.01. The zero-order valence-electron chi connectivity index (χ0n) is 16.9. The molecule has 0 spiro atoms. The lowest BCUT2D eigenvalue weighted by Crippen LogP contribution is -2.32. The number of hydrogen-bond acceptors (Lipinski definition) is 5. The standard InChI is InChI=1S/C21H26N2O5S/c1-4-10-22-11-12-23(21(22)24)17-6-8-20(9-7-17)29(25,26)28-19-14-16(5-2)13-18(15-19)27-3/h6-9,13-15H,4-5,10-12H2,1-3H3. The predicted molar refractivity (Wildman–Crippen MR) is 111 cm³/mol. The zero-order valence-corrected chi connectivity index (χ0v) is 17.7. The van der Waals surface area contributed by atoms with Crippen molar-refractivity contribution in [2.45, 2.75) is 31.6 Å². The Kier molecular flexibility index (Phi) is 6.32. The van der Waals surface area contributed by atoms with E-state index in [1.54, 1.807) is 28.0 Å². The van der Waals surface area contributed by atoms with Crippen LogP contribution in [0.15, 0.2) is 47.4 Å². The predicted octanol–water partition coefficient (Wildman–Crippen LogP) is 3.68. The molecule has 0 saturated carbocycles. The second-order valence-electron chi connectivity index (χ2n) is 6.82. The fourth-order valence-corrected chi connectivity index (χ4v) is 4.18. The molecule has 2 aromatic rings. The molecule has 1 heterocycles. The van der Waals surface area contributed by atoms with E-state index < -0.39 is 10.1 Å². The highest BCUT2D eigenvalue weighted by Gasteiger charge is 2.29. The summed E-state index contributed by atoms with van der Waals surface area (Å²) in [6, 6.07) is 11.2. The Morgan fingerprint density at radius 1 is 1.00 bits per heavy atom. The van der Waals surface area contributed by atoms with Crippen LogP contribution < -0.4 is 13.8 Å². The third-order valence-electron chi connectivity index (χ3n) is 4.82. The van der Waals surface area contributed by atoms with Gasteiger partial charge in [-0.1, -0.05) is 13.8 Å². The Bertz CT molecular complexity index is 951. The van der Waals surface area contributed by atoms with E-state index in [0.717, 1.165) is 24.9 Å². The molecule has 156 valence electrons. The van der Waals surface area contributed by atoms with Crippen LogP contribution in [0, 0.1) is 0 Å². The summed E-state index contributed by atoms with van der Waals surface area (Å²) in [4.78, 5) is 15.9. The molecule has 3 rings (SSSR count). The van der Waals surface area contributed by atoms with E-state index in [9.17, 15) is 13.2 Å². The summed E-state index contributed by atoms with van der Waals surface area (Å²) in [5.41, 5.74) is 1.58. The van der Waals surface area contributed by atoms with Crippen LogP contribution in [0.25, 0.3) is 0 Å². The normalized spacial score (nSPS) is 14.4. The van der Waals surface area contributed by atoms with E-state index in [2.05, 4.69) is 0 Å². The molecular formula is C21H26N2O5S. The van der Waals surface area contributed by atoms with Crippen LogP contribution in [0.1, 0.15) is 25.8 Å². The van der Waals surface area contributed by atoms with E-state index in [0.29, 0.717) is 24.5 Å². The molecule has 7 nitrogen and oxygen atoms in total. The lowest BCUT2D eigenvalue weighted by atomic mass is 10.1. The molecule has 1 aliphatic heterocycles. The number of nitrogens with zero attached hydrogens (tertiary/aromatic N) is 2. The van der Waals surface area contributed by atoms with Crippen LogP contribution in [-0.4, -0.2) is 46.1 Å². The fourth-order valence-electron chi connectivity index (χ4n) is 3.27. The number of benzene rings is 2. The van der Waals surface area contributed by atoms with Crippen LogP contribution in [0.5, 0.6) is 11.5 Å². The van der Waals surface area contributed by atoms with Gasteiger partial charge in [0.15, 0.2) is 0 Å². The number of carbonyl (C=O) groups is 1. The smallest absolute Gasteiger partial charge is 0.339 e. The lowest BCUT2D eigenvalue weighted by Gasteiger charge is -2.18. The quantitative estimate of drug-likeness (QED) is 0.611. The Balaban J connectivity index is 1.78. The minimum absolute atomic E-state index is 0.0270. The largest absolute Gasteiger partial charge is 0.497 e. The van der Waals surface area contributed by atoms with Crippen molar-refractivity contribution in [3.8, 4) is 11.5 Å². The molecule has 0 unspecified atom stereocenters. The number of hydrogen-bond donors (Lipinski definition) is 0. The van der Waals surface area contributed by atoms with E-state index in [1.165, 1.54) is 25.3 Å². The molecule has 2 amide bonds. The monoisotopic (exact) mass is 418 g/mol. The number of rotatable bonds is 8. The molecule has 8 heteroatoms. The fraction of sp³-hybridized carbons (Fsp3) is 0.381. The number of ether oxygens (including phenoxy) is 1. The summed E-state index contributed by atoms with van der Waals surface area (Å²) in [5, 5.41) is 0. The summed E-state index contributed by atoms with van der Waals surface area (Å²) in [5.74, 6) is 0.740. The molecule has 0 N–H and O–H groups in total. The highest BCUT2D eigenvalue weighted by Crippen LogP contribution is 2.27. The second kappa shape index (κ2) is 8.73. The van der Waals surface area contributed by atoms with Gasteiger partial charge in [-0.15, -0.1) is 0 Å². The highest BCUT2D eigenvalue weighted by atomic mass is 32.2. The van der Waals surface area contributed by atoms with Crippen molar-refractivity contribution < 1.29 is 22.1 Å². The van der Waals surface area contributed by atoms with Crippen molar-refractivity contribution in [1.29, 1.82) is 0 Å². The van der Waals surface area contributed by atoms with Gasteiger partial charge in [0, 0.05) is 31.4 Å². The number of anilines is 1. The van der Waals surface area contributed by atoms with Crippen molar-refractivity contribution >= 4 is 21.8 Å². The molecule has 29 heavy (non-hydrogen) atoms.